The third-order valence-electron chi connectivity index (χ3n) is 3.64. The highest BCUT2D eigenvalue weighted by molar-refractivity contribution is 7.89. The van der Waals surface area contributed by atoms with Gasteiger partial charge >= 0.3 is 0 Å². The first-order valence-electron chi connectivity index (χ1n) is 8.02. The zero-order valence-corrected chi connectivity index (χ0v) is 15.2. The molecular weight excluding hydrogens is 338 g/mol. The van der Waals surface area contributed by atoms with Crippen LogP contribution in [0.2, 0.25) is 0 Å². The van der Waals surface area contributed by atoms with E-state index in [0.29, 0.717) is 18.7 Å². The third kappa shape index (κ3) is 5.88. The lowest BCUT2D eigenvalue weighted by Gasteiger charge is -2.19. The monoisotopic (exact) mass is 361 g/mol. The predicted molar refractivity (Wildman–Crippen MR) is 100 cm³/mol. The van der Waals surface area contributed by atoms with Gasteiger partial charge in [0, 0.05) is 38.4 Å². The molecule has 2 aromatic rings. The molecule has 0 spiro atoms. The van der Waals surface area contributed by atoms with Gasteiger partial charge in [-0.25, -0.2) is 13.1 Å². The summed E-state index contributed by atoms with van der Waals surface area (Å²) in [5, 5.41) is 2.60. The van der Waals surface area contributed by atoms with Gasteiger partial charge in [0.15, 0.2) is 0 Å². The number of nitrogens with one attached hydrogen (secondary N) is 2. The van der Waals surface area contributed by atoms with Gasteiger partial charge in [-0.05, 0) is 42.8 Å². The molecular formula is C18H23N3O3S. The maximum absolute atomic E-state index is 12.3. The first-order chi connectivity index (χ1) is 11.9. The van der Waals surface area contributed by atoms with Crippen molar-refractivity contribution in [2.75, 3.05) is 30.4 Å². The maximum Gasteiger partial charge on any atom is 0.240 e. The summed E-state index contributed by atoms with van der Waals surface area (Å²) in [6.07, 6.45) is 0.689. The average molecular weight is 361 g/mol. The van der Waals surface area contributed by atoms with E-state index in [9.17, 15) is 13.2 Å². The number of sulfonamides is 1. The van der Waals surface area contributed by atoms with Gasteiger partial charge in [0.05, 0.1) is 4.90 Å². The number of amides is 1. The van der Waals surface area contributed by atoms with Crippen LogP contribution in [0.3, 0.4) is 0 Å². The number of benzene rings is 2. The van der Waals surface area contributed by atoms with Gasteiger partial charge in [-0.15, -0.1) is 0 Å². The number of para-hydroxylation sites is 1. The molecule has 0 saturated heterocycles. The Morgan fingerprint density at radius 3 is 2.28 bits per heavy atom. The Hall–Kier alpha value is -2.38. The number of carbonyl (C=O) groups is 1. The Balaban J connectivity index is 1.84. The maximum atomic E-state index is 12.3. The molecule has 2 rings (SSSR count). The molecule has 25 heavy (non-hydrogen) atoms. The fraction of sp³-hybridized carbons (Fsp3) is 0.278. The Kier molecular flexibility index (Phi) is 6.55. The van der Waals surface area contributed by atoms with Gasteiger partial charge in [0.2, 0.25) is 15.9 Å². The second kappa shape index (κ2) is 8.64. The molecule has 134 valence electrons. The van der Waals surface area contributed by atoms with Crippen molar-refractivity contribution in [2.24, 2.45) is 0 Å². The van der Waals surface area contributed by atoms with Crippen LogP contribution < -0.4 is 14.9 Å². The van der Waals surface area contributed by atoms with Crippen LogP contribution >= 0.6 is 0 Å². The molecule has 0 aliphatic heterocycles. The second-order valence-corrected chi connectivity index (χ2v) is 7.48. The number of hydrogen-bond acceptors (Lipinski definition) is 4. The molecule has 1 amide bonds. The van der Waals surface area contributed by atoms with E-state index in [0.717, 1.165) is 12.2 Å². The molecule has 0 aliphatic carbocycles. The zero-order valence-electron chi connectivity index (χ0n) is 14.4. The third-order valence-corrected chi connectivity index (χ3v) is 5.12. The van der Waals surface area contributed by atoms with E-state index in [1.807, 2.05) is 37.4 Å². The van der Waals surface area contributed by atoms with Crippen LogP contribution in [0.25, 0.3) is 0 Å². The van der Waals surface area contributed by atoms with Crippen molar-refractivity contribution in [1.29, 1.82) is 0 Å². The molecule has 0 bridgehead atoms. The van der Waals surface area contributed by atoms with Gasteiger partial charge in [0.25, 0.3) is 0 Å². The van der Waals surface area contributed by atoms with Crippen LogP contribution in [0.15, 0.2) is 59.5 Å². The van der Waals surface area contributed by atoms with Crippen LogP contribution in [0.1, 0.15) is 13.3 Å². The fourth-order valence-corrected chi connectivity index (χ4v) is 3.41. The van der Waals surface area contributed by atoms with Gasteiger partial charge in [-0.3, -0.25) is 4.79 Å². The minimum Gasteiger partial charge on any atom is -0.375 e. The van der Waals surface area contributed by atoms with Crippen molar-refractivity contribution < 1.29 is 13.2 Å². The summed E-state index contributed by atoms with van der Waals surface area (Å²) in [6, 6.07) is 16.0. The number of anilines is 2. The van der Waals surface area contributed by atoms with E-state index < -0.39 is 10.0 Å². The van der Waals surface area contributed by atoms with Crippen LogP contribution in [0, 0.1) is 0 Å². The van der Waals surface area contributed by atoms with Crippen LogP contribution in [-0.4, -0.2) is 34.5 Å². The molecule has 0 radical (unpaired) electrons. The largest absolute Gasteiger partial charge is 0.375 e. The molecule has 6 nitrogen and oxygen atoms in total. The highest BCUT2D eigenvalue weighted by Gasteiger charge is 2.13. The van der Waals surface area contributed by atoms with Crippen molar-refractivity contribution in [2.45, 2.75) is 18.2 Å². The normalized spacial score (nSPS) is 11.1. The van der Waals surface area contributed by atoms with E-state index in [-0.39, 0.29) is 10.8 Å². The minimum atomic E-state index is -3.55. The molecule has 0 fully saturated rings. The number of rotatable bonds is 8. The van der Waals surface area contributed by atoms with Gasteiger partial charge in [-0.1, -0.05) is 18.2 Å². The van der Waals surface area contributed by atoms with Crippen molar-refractivity contribution >= 4 is 27.3 Å². The number of carbonyl (C=O) groups excluding carboxylic acids is 1. The van der Waals surface area contributed by atoms with E-state index in [2.05, 4.69) is 14.9 Å². The Bertz CT molecular complexity index is 790. The summed E-state index contributed by atoms with van der Waals surface area (Å²) in [5.74, 6) is -0.198. The van der Waals surface area contributed by atoms with E-state index >= 15 is 0 Å². The van der Waals surface area contributed by atoms with Crippen LogP contribution in [-0.2, 0) is 14.8 Å². The van der Waals surface area contributed by atoms with Gasteiger partial charge in [0.1, 0.15) is 0 Å². The first kappa shape index (κ1) is 19.0. The summed E-state index contributed by atoms with van der Waals surface area (Å²) in [6.45, 7) is 2.50. The average Bonchev–Trinajstić information content (AvgIpc) is 2.59. The molecule has 2 aromatic carbocycles. The highest BCUT2D eigenvalue weighted by Crippen LogP contribution is 2.14. The van der Waals surface area contributed by atoms with Gasteiger partial charge in [-0.2, -0.15) is 0 Å². The predicted octanol–water partition coefficient (Wildman–Crippen LogP) is 2.45. The lowest BCUT2D eigenvalue weighted by atomic mass is 10.3. The van der Waals surface area contributed by atoms with Crippen molar-refractivity contribution in [3.63, 3.8) is 0 Å². The second-order valence-electron chi connectivity index (χ2n) is 5.71. The fourth-order valence-electron chi connectivity index (χ4n) is 2.34. The molecule has 0 aromatic heterocycles. The minimum absolute atomic E-state index is 0.179. The molecule has 2 N–H and O–H groups in total. The van der Waals surface area contributed by atoms with E-state index in [1.54, 1.807) is 12.1 Å². The molecule has 0 aliphatic rings. The van der Waals surface area contributed by atoms with Gasteiger partial charge < -0.3 is 10.2 Å². The summed E-state index contributed by atoms with van der Waals surface area (Å²) >= 11 is 0. The molecule has 0 heterocycles. The Labute approximate surface area is 148 Å². The lowest BCUT2D eigenvalue weighted by Crippen LogP contribution is -2.28. The number of nitrogens with zero attached hydrogens (tertiary/aromatic N) is 1. The summed E-state index contributed by atoms with van der Waals surface area (Å²) in [4.78, 5) is 13.2. The summed E-state index contributed by atoms with van der Waals surface area (Å²) < 4.78 is 27.1. The van der Waals surface area contributed by atoms with E-state index in [4.69, 9.17) is 0 Å². The Morgan fingerprint density at radius 2 is 1.68 bits per heavy atom. The van der Waals surface area contributed by atoms with Crippen molar-refractivity contribution in [3.8, 4) is 0 Å². The van der Waals surface area contributed by atoms with Crippen LogP contribution in [0.4, 0.5) is 11.4 Å². The molecule has 0 atom stereocenters. The van der Waals surface area contributed by atoms with E-state index in [1.165, 1.54) is 19.1 Å². The van der Waals surface area contributed by atoms with Crippen molar-refractivity contribution in [1.82, 2.24) is 4.72 Å². The first-order valence-corrected chi connectivity index (χ1v) is 9.50. The lowest BCUT2D eigenvalue weighted by molar-refractivity contribution is -0.114. The quantitative estimate of drug-likeness (QED) is 0.708. The number of hydrogen-bond donors (Lipinski definition) is 2. The SMILES string of the molecule is CC(=O)Nc1ccc(S(=O)(=O)NCCCN(C)c2ccccc2)cc1. The molecule has 7 heteroatoms. The standard InChI is InChI=1S/C18H23N3O3S/c1-15(22)20-16-9-11-18(12-10-16)25(23,24)19-13-6-14-21(2)17-7-4-3-5-8-17/h3-5,7-12,19H,6,13-14H2,1-2H3,(H,20,22). The molecule has 0 saturated carbocycles. The highest BCUT2D eigenvalue weighted by atomic mass is 32.2. The topological polar surface area (TPSA) is 78.5 Å². The van der Waals surface area contributed by atoms with Crippen LogP contribution in [0.5, 0.6) is 0 Å². The molecule has 0 unspecified atom stereocenters. The zero-order chi connectivity index (χ0) is 18.3. The summed E-state index contributed by atoms with van der Waals surface area (Å²) in [5.41, 5.74) is 1.66. The van der Waals surface area contributed by atoms with Crippen molar-refractivity contribution in [3.05, 3.63) is 54.6 Å². The summed E-state index contributed by atoms with van der Waals surface area (Å²) in [7, 11) is -1.57. The Morgan fingerprint density at radius 1 is 1.04 bits per heavy atom. The smallest absolute Gasteiger partial charge is 0.240 e.